The number of likely N-dealkylation sites (tertiary alicyclic amines) is 1. The van der Waals surface area contributed by atoms with Crippen molar-refractivity contribution in [2.45, 2.75) is 82.9 Å². The van der Waals surface area contributed by atoms with Crippen LogP contribution in [0.1, 0.15) is 54.4 Å². The van der Waals surface area contributed by atoms with Gasteiger partial charge in [0.05, 0.1) is 11.4 Å². The molecule has 2 aliphatic rings. The van der Waals surface area contributed by atoms with Gasteiger partial charge in [-0.1, -0.05) is 0 Å². The smallest absolute Gasteiger partial charge is 0.870 e. The Morgan fingerprint density at radius 2 is 1.36 bits per heavy atom. The number of piperidine rings is 1. The van der Waals surface area contributed by atoms with Crippen LogP contribution in [0.15, 0.2) is 29.2 Å². The van der Waals surface area contributed by atoms with Gasteiger partial charge < -0.3 is 39.4 Å². The van der Waals surface area contributed by atoms with Crippen LogP contribution in [0.25, 0.3) is 0 Å². The van der Waals surface area contributed by atoms with Crippen LogP contribution in [0.2, 0.25) is 0 Å². The molecule has 2 aliphatic heterocycles. The van der Waals surface area contributed by atoms with Crippen molar-refractivity contribution in [3.63, 3.8) is 0 Å². The first-order chi connectivity index (χ1) is 20.5. The van der Waals surface area contributed by atoms with E-state index in [0.717, 1.165) is 48.3 Å². The number of rotatable bonds is 5. The zero-order valence-electron chi connectivity index (χ0n) is 27.4. The summed E-state index contributed by atoms with van der Waals surface area (Å²) in [6, 6.07) is 1.80. The number of halogens is 3. The molecule has 0 bridgehead atoms. The Labute approximate surface area is 294 Å². The van der Waals surface area contributed by atoms with Gasteiger partial charge in [0.25, 0.3) is 0 Å². The number of benzene rings is 1. The summed E-state index contributed by atoms with van der Waals surface area (Å²) in [6.07, 6.45) is -3.34. The van der Waals surface area contributed by atoms with Gasteiger partial charge in [0.1, 0.15) is 29.3 Å². The predicted octanol–water partition coefficient (Wildman–Crippen LogP) is 0.939. The molecule has 3 rings (SSSR count). The number of piperazine rings is 1. The second-order valence-electron chi connectivity index (χ2n) is 12.4. The van der Waals surface area contributed by atoms with Gasteiger partial charge in [-0.3, -0.25) is 4.79 Å². The van der Waals surface area contributed by atoms with E-state index in [9.17, 15) is 45.9 Å². The number of ether oxygens (including phenoxy) is 3. The van der Waals surface area contributed by atoms with Crippen molar-refractivity contribution in [3.05, 3.63) is 24.3 Å². The molecule has 2 amide bonds. The zero-order chi connectivity index (χ0) is 34.4. The van der Waals surface area contributed by atoms with Gasteiger partial charge in [0.15, 0.2) is 0 Å². The maximum atomic E-state index is 12.9. The molecule has 1 aromatic rings. The Kier molecular flexibility index (Phi) is 16.7. The number of aldehydes is 1. The standard InChI is InChI=1S/C17H21F3N2O7S.C11H19NO3.Na.H2O/c1-16(2,3)29-15(25)21-8-9-22(13(10-21)14(23)24)30(26,27)12-6-4-11(5-7-12)28-17(18,19)20;1-11(2,3)15-10(14)12-6-4-5-9(7-12)8-13;;/h4-7,13H,8-10H2,1-3H3,(H,23,24);8-9H,4-7H2,1-3H3;;1H2/q;;+1;/p-1/t13-;9-;;/m11../s1. The molecule has 19 heteroatoms. The fourth-order valence-electron chi connectivity index (χ4n) is 4.31. The van der Waals surface area contributed by atoms with E-state index in [1.807, 2.05) is 20.8 Å². The maximum Gasteiger partial charge on any atom is 1.00 e. The summed E-state index contributed by atoms with van der Waals surface area (Å²) in [5.74, 6) is -2.12. The summed E-state index contributed by atoms with van der Waals surface area (Å²) in [7, 11) is -4.36. The molecule has 0 aliphatic carbocycles. The van der Waals surface area contributed by atoms with Gasteiger partial charge in [0.2, 0.25) is 10.0 Å². The van der Waals surface area contributed by atoms with Crippen LogP contribution in [0, 0.1) is 5.92 Å². The van der Waals surface area contributed by atoms with Crippen LogP contribution in [0.4, 0.5) is 22.8 Å². The molecule has 0 radical (unpaired) electrons. The number of carbonyl (C=O) groups excluding carboxylic acids is 3. The average molecular weight is 708 g/mol. The molecule has 2 atom stereocenters. The number of aliphatic carboxylic acids is 1. The zero-order valence-corrected chi connectivity index (χ0v) is 30.3. The van der Waals surface area contributed by atoms with E-state index in [4.69, 9.17) is 9.47 Å². The molecule has 262 valence electrons. The second kappa shape index (κ2) is 17.7. The summed E-state index contributed by atoms with van der Waals surface area (Å²) in [5, 5.41) is 9.49. The minimum absolute atomic E-state index is 0. The van der Waals surface area contributed by atoms with Crippen molar-refractivity contribution < 1.29 is 95.1 Å². The summed E-state index contributed by atoms with van der Waals surface area (Å²) in [5.41, 5.74) is -1.29. The van der Waals surface area contributed by atoms with E-state index in [2.05, 4.69) is 4.74 Å². The van der Waals surface area contributed by atoms with Gasteiger partial charge in [-0.25, -0.2) is 18.0 Å². The number of carboxylic acid groups (broad SMARTS) is 1. The monoisotopic (exact) mass is 707 g/mol. The van der Waals surface area contributed by atoms with Gasteiger partial charge >= 0.3 is 54.1 Å². The molecule has 2 fully saturated rings. The average Bonchev–Trinajstić information content (AvgIpc) is 2.90. The molecule has 0 aromatic heterocycles. The first kappa shape index (κ1) is 44.4. The third-order valence-corrected chi connectivity index (χ3v) is 8.16. The second-order valence-corrected chi connectivity index (χ2v) is 14.3. The number of amides is 2. The summed E-state index contributed by atoms with van der Waals surface area (Å²) < 4.78 is 77.3. The molecule has 1 aromatic carbocycles. The molecule has 0 unspecified atom stereocenters. The van der Waals surface area contributed by atoms with E-state index < -0.39 is 62.9 Å². The first-order valence-corrected chi connectivity index (χ1v) is 15.5. The number of carboxylic acids is 1. The number of nitrogens with zero attached hydrogens (tertiary/aromatic N) is 3. The minimum Gasteiger partial charge on any atom is -0.870 e. The van der Waals surface area contributed by atoms with Crippen LogP contribution < -0.4 is 34.3 Å². The maximum absolute atomic E-state index is 12.9. The molecule has 47 heavy (non-hydrogen) atoms. The largest absolute Gasteiger partial charge is 1.00 e. The SMILES string of the molecule is CC(C)(C)OC(=O)N1CCC[C@@H](C=O)C1.CC(C)(C)OC(=O)N1CCN(S(=O)(=O)c2ccc(OC(F)(F)F)cc2)[C@@H](C(=O)O)C1.[Na+].[OH-]. The number of carbonyl (C=O) groups is 4. The van der Waals surface area contributed by atoms with E-state index in [1.165, 1.54) is 0 Å². The van der Waals surface area contributed by atoms with Crippen molar-refractivity contribution >= 4 is 34.5 Å². The van der Waals surface area contributed by atoms with E-state index in [-0.39, 0.29) is 60.1 Å². The topological polar surface area (TPSA) is 190 Å². The molecule has 2 heterocycles. The molecule has 14 nitrogen and oxygen atoms in total. The van der Waals surface area contributed by atoms with E-state index >= 15 is 0 Å². The Bertz CT molecular complexity index is 1320. The normalized spacial score (nSPS) is 19.1. The summed E-state index contributed by atoms with van der Waals surface area (Å²) in [6.45, 7) is 10.7. The fourth-order valence-corrected chi connectivity index (χ4v) is 5.87. The van der Waals surface area contributed by atoms with Crippen LogP contribution in [0.3, 0.4) is 0 Å². The van der Waals surface area contributed by atoms with Gasteiger partial charge in [-0.15, -0.1) is 13.2 Å². The van der Waals surface area contributed by atoms with Gasteiger partial charge in [-0.05, 0) is 78.6 Å². The molecule has 2 saturated heterocycles. The predicted molar refractivity (Wildman–Crippen MR) is 155 cm³/mol. The van der Waals surface area contributed by atoms with Crippen LogP contribution in [-0.2, 0) is 29.1 Å². The van der Waals surface area contributed by atoms with E-state index in [0.29, 0.717) is 17.4 Å². The molecular weight excluding hydrogens is 666 g/mol. The molecular formula is C28H41F3N3NaO11S. The number of hydrogen-bond acceptors (Lipinski definition) is 10. The Morgan fingerprint density at radius 3 is 1.79 bits per heavy atom. The summed E-state index contributed by atoms with van der Waals surface area (Å²) >= 11 is 0. The summed E-state index contributed by atoms with van der Waals surface area (Å²) in [4.78, 5) is 48.5. The van der Waals surface area contributed by atoms with Gasteiger partial charge in [-0.2, -0.15) is 4.31 Å². The first-order valence-electron chi connectivity index (χ1n) is 14.0. The van der Waals surface area contributed by atoms with Crippen LogP contribution in [0.5, 0.6) is 5.75 Å². The van der Waals surface area contributed by atoms with Crippen LogP contribution >= 0.6 is 0 Å². The Morgan fingerprint density at radius 1 is 0.872 bits per heavy atom. The number of alkyl halides is 3. The van der Waals surface area contributed by atoms with Crippen molar-refractivity contribution in [1.29, 1.82) is 0 Å². The van der Waals surface area contributed by atoms with Crippen molar-refractivity contribution in [2.75, 3.05) is 32.7 Å². The fraction of sp³-hybridized carbons (Fsp3) is 0.643. The van der Waals surface area contributed by atoms with Crippen molar-refractivity contribution in [1.82, 2.24) is 14.1 Å². The Balaban J connectivity index is 0.00000105. The third-order valence-electron chi connectivity index (χ3n) is 6.23. The van der Waals surface area contributed by atoms with Crippen molar-refractivity contribution in [3.8, 4) is 5.75 Å². The Hall–Kier alpha value is -2.64. The molecule has 0 saturated carbocycles. The molecule has 2 N–H and O–H groups in total. The van der Waals surface area contributed by atoms with Crippen molar-refractivity contribution in [2.24, 2.45) is 5.92 Å². The van der Waals surface area contributed by atoms with Gasteiger partial charge in [0, 0.05) is 32.1 Å². The number of hydrogen-bond donors (Lipinski definition) is 1. The van der Waals surface area contributed by atoms with E-state index in [1.54, 1.807) is 25.7 Å². The quantitative estimate of drug-likeness (QED) is 0.339. The van der Waals surface area contributed by atoms with Crippen LogP contribution in [-0.4, -0.2) is 114 Å². The molecule has 0 spiro atoms. The minimum atomic E-state index is -4.94. The third kappa shape index (κ3) is 14.6. The number of sulfonamides is 1.